The van der Waals surface area contributed by atoms with E-state index in [-0.39, 0.29) is 11.6 Å². The molecule has 0 aliphatic carbocycles. The van der Waals surface area contributed by atoms with Crippen molar-refractivity contribution in [1.82, 2.24) is 4.98 Å². The second-order valence-corrected chi connectivity index (χ2v) is 4.17. The van der Waals surface area contributed by atoms with E-state index in [0.717, 1.165) is 11.6 Å². The van der Waals surface area contributed by atoms with Crippen LogP contribution >= 0.6 is 0 Å². The van der Waals surface area contributed by atoms with Crippen LogP contribution < -0.4 is 10.6 Å². The van der Waals surface area contributed by atoms with Gasteiger partial charge in [0.15, 0.2) is 23.3 Å². The fraction of sp³-hybridized carbons (Fsp3) is 0.143. The van der Waals surface area contributed by atoms with Crippen LogP contribution in [0.3, 0.4) is 0 Å². The summed E-state index contributed by atoms with van der Waals surface area (Å²) in [6.45, 7) is 1.81. The van der Waals surface area contributed by atoms with E-state index in [1.54, 1.807) is 18.2 Å². The minimum Gasteiger partial charge on any atom is -0.371 e. The third-order valence-corrected chi connectivity index (χ3v) is 2.79. The van der Waals surface area contributed by atoms with Gasteiger partial charge in [-0.25, -0.2) is 13.8 Å². The van der Waals surface area contributed by atoms with E-state index < -0.39 is 11.6 Å². The third kappa shape index (κ3) is 2.67. The maximum atomic E-state index is 13.7. The van der Waals surface area contributed by atoms with Crippen LogP contribution in [0.25, 0.3) is 0 Å². The molecule has 6 heteroatoms. The van der Waals surface area contributed by atoms with E-state index >= 15 is 0 Å². The molecule has 2 rings (SSSR count). The van der Waals surface area contributed by atoms with Gasteiger partial charge in [-0.3, -0.25) is 0 Å². The Morgan fingerprint density at radius 3 is 2.50 bits per heavy atom. The van der Waals surface area contributed by atoms with Crippen molar-refractivity contribution in [2.24, 2.45) is 0 Å². The lowest BCUT2D eigenvalue weighted by Crippen LogP contribution is -2.04. The first-order chi connectivity index (χ1) is 9.55. The second-order valence-electron chi connectivity index (χ2n) is 4.17. The molecule has 0 bridgehead atoms. The highest BCUT2D eigenvalue weighted by Crippen LogP contribution is 2.25. The van der Waals surface area contributed by atoms with Crippen LogP contribution in [0.4, 0.5) is 26.1 Å². The Bertz CT molecular complexity index is 692. The van der Waals surface area contributed by atoms with Gasteiger partial charge in [-0.2, -0.15) is 5.26 Å². The molecule has 0 saturated heterocycles. The first kappa shape index (κ1) is 13.7. The van der Waals surface area contributed by atoms with Gasteiger partial charge < -0.3 is 10.6 Å². The molecule has 102 valence electrons. The Hall–Kier alpha value is -2.68. The Kier molecular flexibility index (Phi) is 3.80. The zero-order valence-electron chi connectivity index (χ0n) is 11.0. The number of pyridine rings is 1. The molecule has 1 aromatic heterocycles. The number of nitrogens with one attached hydrogen (secondary N) is 2. The summed E-state index contributed by atoms with van der Waals surface area (Å²) in [7, 11) is 1.49. The highest BCUT2D eigenvalue weighted by molar-refractivity contribution is 5.64. The van der Waals surface area contributed by atoms with Crippen LogP contribution in [0.5, 0.6) is 0 Å². The average Bonchev–Trinajstić information content (AvgIpc) is 2.44. The van der Waals surface area contributed by atoms with Crippen LogP contribution in [0.1, 0.15) is 11.1 Å². The van der Waals surface area contributed by atoms with E-state index in [1.165, 1.54) is 7.05 Å². The number of anilines is 3. The second kappa shape index (κ2) is 5.53. The highest BCUT2D eigenvalue weighted by Gasteiger charge is 2.12. The molecule has 1 aromatic carbocycles. The molecule has 0 amide bonds. The number of nitriles is 1. The molecular formula is C14H12F2N4. The van der Waals surface area contributed by atoms with E-state index in [4.69, 9.17) is 5.26 Å². The molecule has 2 N–H and O–H groups in total. The monoisotopic (exact) mass is 274 g/mol. The SMILES string of the molecule is CNc1nc(Nc2cc(C#N)ccc2C)c(F)cc1F. The smallest absolute Gasteiger partial charge is 0.169 e. The molecule has 0 aliphatic heterocycles. The van der Waals surface area contributed by atoms with Gasteiger partial charge in [0.1, 0.15) is 0 Å². The summed E-state index contributed by atoms with van der Waals surface area (Å²) < 4.78 is 27.0. The lowest BCUT2D eigenvalue weighted by molar-refractivity contribution is 0.580. The van der Waals surface area contributed by atoms with Gasteiger partial charge in [-0.05, 0) is 24.6 Å². The molecule has 4 nitrogen and oxygen atoms in total. The minimum absolute atomic E-state index is 0.0528. The topological polar surface area (TPSA) is 60.7 Å². The summed E-state index contributed by atoms with van der Waals surface area (Å²) in [5.41, 5.74) is 1.80. The average molecular weight is 274 g/mol. The summed E-state index contributed by atoms with van der Waals surface area (Å²) in [6, 6.07) is 7.74. The molecule has 2 aromatic rings. The van der Waals surface area contributed by atoms with Crippen LogP contribution in [-0.2, 0) is 0 Å². The van der Waals surface area contributed by atoms with Gasteiger partial charge in [0.25, 0.3) is 0 Å². The fourth-order valence-electron chi connectivity index (χ4n) is 1.68. The maximum Gasteiger partial charge on any atom is 0.169 e. The van der Waals surface area contributed by atoms with Gasteiger partial charge in [0.05, 0.1) is 11.6 Å². The molecule has 0 unspecified atom stereocenters. The first-order valence-electron chi connectivity index (χ1n) is 5.86. The van der Waals surface area contributed by atoms with E-state index in [0.29, 0.717) is 11.3 Å². The fourth-order valence-corrected chi connectivity index (χ4v) is 1.68. The normalized spacial score (nSPS) is 9.95. The zero-order valence-corrected chi connectivity index (χ0v) is 11.0. The summed E-state index contributed by atoms with van der Waals surface area (Å²) in [5, 5.41) is 14.2. The molecule has 0 aliphatic rings. The quantitative estimate of drug-likeness (QED) is 0.901. The number of hydrogen-bond donors (Lipinski definition) is 2. The molecular weight excluding hydrogens is 262 g/mol. The number of halogens is 2. The Balaban J connectivity index is 2.42. The Morgan fingerprint density at radius 1 is 1.15 bits per heavy atom. The van der Waals surface area contributed by atoms with Crippen LogP contribution in [0, 0.1) is 29.9 Å². The number of nitrogens with zero attached hydrogens (tertiary/aromatic N) is 2. The van der Waals surface area contributed by atoms with Crippen molar-refractivity contribution in [3.05, 3.63) is 47.0 Å². The number of hydrogen-bond acceptors (Lipinski definition) is 4. The van der Waals surface area contributed by atoms with Crippen molar-refractivity contribution < 1.29 is 8.78 Å². The van der Waals surface area contributed by atoms with Gasteiger partial charge in [-0.1, -0.05) is 6.07 Å². The molecule has 0 spiro atoms. The van der Waals surface area contributed by atoms with Gasteiger partial charge >= 0.3 is 0 Å². The minimum atomic E-state index is -0.803. The number of aryl methyl sites for hydroxylation is 1. The Morgan fingerprint density at radius 2 is 1.85 bits per heavy atom. The predicted molar refractivity (Wildman–Crippen MR) is 72.9 cm³/mol. The Labute approximate surface area is 115 Å². The van der Waals surface area contributed by atoms with Gasteiger partial charge in [0, 0.05) is 18.8 Å². The zero-order chi connectivity index (χ0) is 14.7. The summed E-state index contributed by atoms with van der Waals surface area (Å²) in [6.07, 6.45) is 0. The van der Waals surface area contributed by atoms with Crippen molar-refractivity contribution in [3.8, 4) is 6.07 Å². The van der Waals surface area contributed by atoms with Gasteiger partial charge in [0.2, 0.25) is 0 Å². The summed E-state index contributed by atoms with van der Waals surface area (Å²) in [5.74, 6) is -1.72. The van der Waals surface area contributed by atoms with Crippen molar-refractivity contribution in [1.29, 1.82) is 5.26 Å². The molecule has 0 radical (unpaired) electrons. The van der Waals surface area contributed by atoms with Crippen LogP contribution in [-0.4, -0.2) is 12.0 Å². The van der Waals surface area contributed by atoms with Gasteiger partial charge in [-0.15, -0.1) is 0 Å². The van der Waals surface area contributed by atoms with Crippen molar-refractivity contribution >= 4 is 17.3 Å². The standard InChI is InChI=1S/C14H12F2N4/c1-8-3-4-9(7-17)5-12(8)19-14-11(16)6-10(15)13(18-2)20-14/h3-6H,1-2H3,(H2,18,19,20). The predicted octanol–water partition coefficient (Wildman–Crippen LogP) is 3.33. The lowest BCUT2D eigenvalue weighted by atomic mass is 10.1. The first-order valence-corrected chi connectivity index (χ1v) is 5.86. The van der Waals surface area contributed by atoms with E-state index in [2.05, 4.69) is 15.6 Å². The van der Waals surface area contributed by atoms with E-state index in [9.17, 15) is 8.78 Å². The van der Waals surface area contributed by atoms with Crippen LogP contribution in [0.15, 0.2) is 24.3 Å². The molecule has 0 saturated carbocycles. The number of benzene rings is 1. The van der Waals surface area contributed by atoms with Crippen molar-refractivity contribution in [3.63, 3.8) is 0 Å². The highest BCUT2D eigenvalue weighted by atomic mass is 19.1. The molecule has 20 heavy (non-hydrogen) atoms. The van der Waals surface area contributed by atoms with Crippen molar-refractivity contribution in [2.75, 3.05) is 17.7 Å². The summed E-state index contributed by atoms with van der Waals surface area (Å²) >= 11 is 0. The lowest BCUT2D eigenvalue weighted by Gasteiger charge is -2.11. The third-order valence-electron chi connectivity index (χ3n) is 2.79. The largest absolute Gasteiger partial charge is 0.371 e. The molecule has 0 atom stereocenters. The maximum absolute atomic E-state index is 13.7. The number of rotatable bonds is 3. The summed E-state index contributed by atoms with van der Waals surface area (Å²) in [4.78, 5) is 3.83. The van der Waals surface area contributed by atoms with Crippen LogP contribution in [0.2, 0.25) is 0 Å². The molecule has 0 fully saturated rings. The molecule has 1 heterocycles. The van der Waals surface area contributed by atoms with Crippen molar-refractivity contribution in [2.45, 2.75) is 6.92 Å². The van der Waals surface area contributed by atoms with E-state index in [1.807, 2.05) is 13.0 Å². The number of aromatic nitrogens is 1.